The standard InChI is InChI=1S/C18H22FN3O3/c1-18(2,3)22-16(24)11-20-15(23)8-9-17-21-10-14(25-17)12-6-4-5-7-13(12)19/h4-7,10H,8-9,11H2,1-3H3,(H,20,23)(H,22,24). The van der Waals surface area contributed by atoms with Crippen molar-refractivity contribution in [2.45, 2.75) is 39.2 Å². The number of hydrogen-bond acceptors (Lipinski definition) is 4. The Morgan fingerprint density at radius 1 is 1.20 bits per heavy atom. The van der Waals surface area contributed by atoms with Crippen LogP contribution in [0.5, 0.6) is 0 Å². The summed E-state index contributed by atoms with van der Waals surface area (Å²) in [5.41, 5.74) is -0.0206. The molecule has 0 radical (unpaired) electrons. The third-order valence-corrected chi connectivity index (χ3v) is 3.22. The highest BCUT2D eigenvalue weighted by atomic mass is 19.1. The summed E-state index contributed by atoms with van der Waals surface area (Å²) >= 11 is 0. The molecule has 0 aliphatic rings. The number of rotatable bonds is 6. The fraction of sp³-hybridized carbons (Fsp3) is 0.389. The van der Waals surface area contributed by atoms with Gasteiger partial charge in [0.2, 0.25) is 11.8 Å². The highest BCUT2D eigenvalue weighted by Gasteiger charge is 2.15. The van der Waals surface area contributed by atoms with Crippen LogP contribution in [0.2, 0.25) is 0 Å². The fourth-order valence-electron chi connectivity index (χ4n) is 2.16. The minimum atomic E-state index is -0.396. The number of nitrogens with zero attached hydrogens (tertiary/aromatic N) is 1. The number of carbonyl (C=O) groups is 2. The average molecular weight is 347 g/mol. The van der Waals surface area contributed by atoms with Crippen molar-refractivity contribution in [3.05, 3.63) is 42.2 Å². The summed E-state index contributed by atoms with van der Waals surface area (Å²) in [4.78, 5) is 27.5. The van der Waals surface area contributed by atoms with Crippen molar-refractivity contribution < 1.29 is 18.4 Å². The van der Waals surface area contributed by atoms with E-state index < -0.39 is 5.82 Å². The number of aryl methyl sites for hydroxylation is 1. The second kappa shape index (κ2) is 7.92. The Bertz CT molecular complexity index is 750. The molecule has 0 saturated heterocycles. The number of nitrogens with one attached hydrogen (secondary N) is 2. The molecule has 2 amide bonds. The molecule has 0 spiro atoms. The molecule has 0 aliphatic heterocycles. The lowest BCUT2D eigenvalue weighted by Gasteiger charge is -2.20. The fourth-order valence-corrected chi connectivity index (χ4v) is 2.16. The van der Waals surface area contributed by atoms with Crippen LogP contribution in [-0.2, 0) is 16.0 Å². The van der Waals surface area contributed by atoms with Crippen molar-refractivity contribution in [3.8, 4) is 11.3 Å². The zero-order valence-corrected chi connectivity index (χ0v) is 14.6. The molecule has 0 atom stereocenters. The molecule has 7 heteroatoms. The van der Waals surface area contributed by atoms with Gasteiger partial charge in [-0.15, -0.1) is 0 Å². The topological polar surface area (TPSA) is 84.2 Å². The van der Waals surface area contributed by atoms with E-state index in [0.29, 0.717) is 17.2 Å². The molecule has 0 fully saturated rings. The van der Waals surface area contributed by atoms with Crippen LogP contribution in [0.25, 0.3) is 11.3 Å². The molecule has 2 aromatic rings. The smallest absolute Gasteiger partial charge is 0.239 e. The number of hydrogen-bond donors (Lipinski definition) is 2. The van der Waals surface area contributed by atoms with Crippen molar-refractivity contribution in [1.29, 1.82) is 0 Å². The molecule has 25 heavy (non-hydrogen) atoms. The van der Waals surface area contributed by atoms with E-state index in [1.54, 1.807) is 18.2 Å². The van der Waals surface area contributed by atoms with Crippen LogP contribution < -0.4 is 10.6 Å². The molecule has 2 N–H and O–H groups in total. The van der Waals surface area contributed by atoms with Crippen molar-refractivity contribution in [1.82, 2.24) is 15.6 Å². The molecule has 0 bridgehead atoms. The summed E-state index contributed by atoms with van der Waals surface area (Å²) in [5.74, 6) is -0.271. The summed E-state index contributed by atoms with van der Waals surface area (Å²) in [6.07, 6.45) is 1.82. The van der Waals surface area contributed by atoms with E-state index in [-0.39, 0.29) is 36.7 Å². The second-order valence-corrected chi connectivity index (χ2v) is 6.67. The molecule has 0 aliphatic carbocycles. The van der Waals surface area contributed by atoms with E-state index >= 15 is 0 Å². The Morgan fingerprint density at radius 3 is 2.60 bits per heavy atom. The summed E-state index contributed by atoms with van der Waals surface area (Å²) in [6, 6.07) is 6.24. The first-order valence-corrected chi connectivity index (χ1v) is 8.02. The molecule has 1 heterocycles. The largest absolute Gasteiger partial charge is 0.441 e. The second-order valence-electron chi connectivity index (χ2n) is 6.67. The lowest BCUT2D eigenvalue weighted by Crippen LogP contribution is -2.45. The highest BCUT2D eigenvalue weighted by Crippen LogP contribution is 2.23. The Kier molecular flexibility index (Phi) is 5.90. The monoisotopic (exact) mass is 347 g/mol. The van der Waals surface area contributed by atoms with Gasteiger partial charge in [-0.25, -0.2) is 9.37 Å². The SMILES string of the molecule is CC(C)(C)NC(=O)CNC(=O)CCc1ncc(-c2ccccc2F)o1. The van der Waals surface area contributed by atoms with E-state index in [1.807, 2.05) is 20.8 Å². The summed E-state index contributed by atoms with van der Waals surface area (Å²) in [5, 5.41) is 5.30. The van der Waals surface area contributed by atoms with E-state index in [1.165, 1.54) is 12.3 Å². The zero-order valence-electron chi connectivity index (χ0n) is 14.6. The van der Waals surface area contributed by atoms with E-state index in [2.05, 4.69) is 15.6 Å². The molecule has 1 aromatic carbocycles. The first-order chi connectivity index (χ1) is 11.7. The number of carbonyl (C=O) groups excluding carboxylic acids is 2. The predicted molar refractivity (Wildman–Crippen MR) is 91.1 cm³/mol. The van der Waals surface area contributed by atoms with Gasteiger partial charge in [-0.05, 0) is 32.9 Å². The van der Waals surface area contributed by atoms with Crippen LogP contribution in [-0.4, -0.2) is 28.9 Å². The van der Waals surface area contributed by atoms with Gasteiger partial charge in [0.05, 0.1) is 18.3 Å². The van der Waals surface area contributed by atoms with Crippen LogP contribution in [0.1, 0.15) is 33.1 Å². The van der Waals surface area contributed by atoms with Crippen molar-refractivity contribution in [2.75, 3.05) is 6.54 Å². The van der Waals surface area contributed by atoms with Crippen molar-refractivity contribution in [2.24, 2.45) is 0 Å². The average Bonchev–Trinajstić information content (AvgIpc) is 2.98. The van der Waals surface area contributed by atoms with Crippen LogP contribution in [0.15, 0.2) is 34.9 Å². The Morgan fingerprint density at radius 2 is 1.92 bits per heavy atom. The van der Waals surface area contributed by atoms with E-state index in [0.717, 1.165) is 0 Å². The molecule has 1 aromatic heterocycles. The number of benzene rings is 1. The van der Waals surface area contributed by atoms with Gasteiger partial charge in [0.1, 0.15) is 5.82 Å². The van der Waals surface area contributed by atoms with Crippen LogP contribution in [0.3, 0.4) is 0 Å². The van der Waals surface area contributed by atoms with Gasteiger partial charge < -0.3 is 15.1 Å². The number of oxazole rings is 1. The maximum Gasteiger partial charge on any atom is 0.239 e. The number of aromatic nitrogens is 1. The quantitative estimate of drug-likeness (QED) is 0.841. The molecule has 134 valence electrons. The predicted octanol–water partition coefficient (Wildman–Crippen LogP) is 2.44. The minimum absolute atomic E-state index is 0.0812. The van der Waals surface area contributed by atoms with Gasteiger partial charge in [-0.1, -0.05) is 12.1 Å². The number of amides is 2. The maximum absolute atomic E-state index is 13.7. The Labute approximate surface area is 145 Å². The molecule has 2 rings (SSSR count). The molecular formula is C18H22FN3O3. The Hall–Kier alpha value is -2.70. The Balaban J connectivity index is 1.81. The maximum atomic E-state index is 13.7. The minimum Gasteiger partial charge on any atom is -0.441 e. The lowest BCUT2D eigenvalue weighted by atomic mass is 10.1. The van der Waals surface area contributed by atoms with E-state index in [4.69, 9.17) is 4.42 Å². The molecule has 6 nitrogen and oxygen atoms in total. The van der Waals surface area contributed by atoms with Gasteiger partial charge >= 0.3 is 0 Å². The normalized spacial score (nSPS) is 11.2. The summed E-state index contributed by atoms with van der Waals surface area (Å²) < 4.78 is 19.2. The summed E-state index contributed by atoms with van der Waals surface area (Å²) in [6.45, 7) is 5.51. The van der Waals surface area contributed by atoms with Crippen LogP contribution >= 0.6 is 0 Å². The van der Waals surface area contributed by atoms with Gasteiger partial charge in [-0.2, -0.15) is 0 Å². The third-order valence-electron chi connectivity index (χ3n) is 3.22. The number of halogens is 1. The first-order valence-electron chi connectivity index (χ1n) is 8.02. The van der Waals surface area contributed by atoms with Crippen LogP contribution in [0.4, 0.5) is 4.39 Å². The molecule has 0 unspecified atom stereocenters. The first kappa shape index (κ1) is 18.6. The highest BCUT2D eigenvalue weighted by molar-refractivity contribution is 5.85. The van der Waals surface area contributed by atoms with Gasteiger partial charge in [0.25, 0.3) is 0 Å². The third kappa shape index (κ3) is 6.02. The lowest BCUT2D eigenvalue weighted by molar-refractivity contribution is -0.126. The van der Waals surface area contributed by atoms with Gasteiger partial charge in [-0.3, -0.25) is 9.59 Å². The van der Waals surface area contributed by atoms with Crippen molar-refractivity contribution in [3.63, 3.8) is 0 Å². The van der Waals surface area contributed by atoms with Crippen molar-refractivity contribution >= 4 is 11.8 Å². The van der Waals surface area contributed by atoms with Gasteiger partial charge in [0.15, 0.2) is 11.7 Å². The zero-order chi connectivity index (χ0) is 18.4. The van der Waals surface area contributed by atoms with Crippen LogP contribution in [0, 0.1) is 5.82 Å². The summed E-state index contributed by atoms with van der Waals surface area (Å²) in [7, 11) is 0. The van der Waals surface area contributed by atoms with E-state index in [9.17, 15) is 14.0 Å². The molecule has 0 saturated carbocycles. The van der Waals surface area contributed by atoms with Gasteiger partial charge in [0, 0.05) is 18.4 Å². The molecular weight excluding hydrogens is 325 g/mol.